The summed E-state index contributed by atoms with van der Waals surface area (Å²) in [4.78, 5) is 36.0. The van der Waals surface area contributed by atoms with Crippen LogP contribution in [-0.4, -0.2) is 43.3 Å². The van der Waals surface area contributed by atoms with Gasteiger partial charge in [-0.25, -0.2) is 0 Å². The third-order valence-corrected chi connectivity index (χ3v) is 7.26. The lowest BCUT2D eigenvalue weighted by Gasteiger charge is -2.32. The quantitative estimate of drug-likeness (QED) is 0.318. The van der Waals surface area contributed by atoms with Crippen molar-refractivity contribution in [2.75, 3.05) is 13.1 Å². The zero-order valence-electron chi connectivity index (χ0n) is 9.01. The topological polar surface area (TPSA) is 127 Å². The Hall–Kier alpha value is 0.610. The van der Waals surface area contributed by atoms with E-state index in [0.29, 0.717) is 19.5 Å². The lowest BCUT2D eigenvalue weighted by molar-refractivity contribution is 0.308. The minimum absolute atomic E-state index is 0.149. The van der Waals surface area contributed by atoms with Gasteiger partial charge in [-0.2, -0.15) is 12.6 Å². The van der Waals surface area contributed by atoms with Gasteiger partial charge in [0, 0.05) is 11.8 Å². The van der Waals surface area contributed by atoms with E-state index in [1.807, 2.05) is 0 Å². The molecule has 0 saturated carbocycles. The molecule has 0 aromatic heterocycles. The highest BCUT2D eigenvalue weighted by Gasteiger charge is 2.45. The van der Waals surface area contributed by atoms with Gasteiger partial charge >= 0.3 is 15.2 Å². The molecule has 0 aliphatic carbocycles. The van der Waals surface area contributed by atoms with Gasteiger partial charge in [0.05, 0.1) is 0 Å². The number of piperidine rings is 1. The fourth-order valence-electron chi connectivity index (χ4n) is 1.91. The average Bonchev–Trinajstić information content (AvgIpc) is 2.12. The third kappa shape index (κ3) is 4.65. The first-order valence-electron chi connectivity index (χ1n) is 5.11. The summed E-state index contributed by atoms with van der Waals surface area (Å²) in [6.45, 7) is 1.24. The van der Waals surface area contributed by atoms with E-state index in [1.165, 1.54) is 0 Å². The minimum atomic E-state index is -4.81. The highest BCUT2D eigenvalue weighted by atomic mass is 32.1. The van der Waals surface area contributed by atoms with Crippen LogP contribution >= 0.6 is 27.8 Å². The molecule has 17 heavy (non-hydrogen) atoms. The van der Waals surface area contributed by atoms with E-state index in [-0.39, 0.29) is 17.6 Å². The van der Waals surface area contributed by atoms with Crippen molar-refractivity contribution in [2.45, 2.75) is 23.5 Å². The molecule has 0 bridgehead atoms. The van der Waals surface area contributed by atoms with Gasteiger partial charge in [0.15, 0.2) is 5.40 Å². The normalized spacial score (nSPS) is 27.4. The molecule has 0 aromatic carbocycles. The van der Waals surface area contributed by atoms with Gasteiger partial charge in [0.2, 0.25) is 0 Å². The highest BCUT2D eigenvalue weighted by molar-refractivity contribution is 7.81. The van der Waals surface area contributed by atoms with Crippen molar-refractivity contribution in [1.29, 1.82) is 0 Å². The second-order valence-corrected chi connectivity index (χ2v) is 8.89. The van der Waals surface area contributed by atoms with Crippen LogP contribution in [0.5, 0.6) is 0 Å². The molecule has 10 heteroatoms. The number of hydrogen-bond donors (Lipinski definition) is 6. The van der Waals surface area contributed by atoms with Crippen molar-refractivity contribution in [3.8, 4) is 0 Å². The van der Waals surface area contributed by atoms with Crippen molar-refractivity contribution in [1.82, 2.24) is 5.32 Å². The molecule has 0 radical (unpaired) electrons. The van der Waals surface area contributed by atoms with Crippen LogP contribution in [0.3, 0.4) is 0 Å². The third-order valence-electron chi connectivity index (χ3n) is 2.88. The van der Waals surface area contributed by atoms with Crippen LogP contribution in [0.15, 0.2) is 0 Å². The van der Waals surface area contributed by atoms with Gasteiger partial charge in [-0.05, 0) is 25.3 Å². The molecule has 1 heterocycles. The maximum Gasteiger partial charge on any atom is 0.340 e. The number of thiol groups is 1. The van der Waals surface area contributed by atoms with Crippen molar-refractivity contribution < 1.29 is 28.7 Å². The summed E-state index contributed by atoms with van der Waals surface area (Å²) in [5.41, 5.74) is 0. The average molecular weight is 305 g/mol. The smallest absolute Gasteiger partial charge is 0.324 e. The van der Waals surface area contributed by atoms with Crippen LogP contribution in [0, 0.1) is 5.92 Å². The van der Waals surface area contributed by atoms with Crippen LogP contribution in [0.1, 0.15) is 12.8 Å². The Bertz CT molecular complexity index is 332. The van der Waals surface area contributed by atoms with Crippen LogP contribution < -0.4 is 5.32 Å². The van der Waals surface area contributed by atoms with Gasteiger partial charge < -0.3 is 24.9 Å². The zero-order valence-corrected chi connectivity index (χ0v) is 11.7. The van der Waals surface area contributed by atoms with E-state index in [1.54, 1.807) is 0 Å². The Balaban J connectivity index is 2.80. The predicted octanol–water partition coefficient (Wildman–Crippen LogP) is -0.0341. The van der Waals surface area contributed by atoms with E-state index < -0.39 is 20.6 Å². The molecule has 1 fully saturated rings. The van der Waals surface area contributed by atoms with E-state index in [9.17, 15) is 9.13 Å². The van der Waals surface area contributed by atoms with Crippen molar-refractivity contribution in [3.05, 3.63) is 0 Å². The molecule has 0 spiro atoms. The summed E-state index contributed by atoms with van der Waals surface area (Å²) in [7, 11) is -9.62. The molecule has 1 aliphatic rings. The summed E-state index contributed by atoms with van der Waals surface area (Å²) < 4.78 is 22.2. The van der Waals surface area contributed by atoms with E-state index in [2.05, 4.69) is 17.9 Å². The Labute approximate surface area is 105 Å². The van der Waals surface area contributed by atoms with Crippen LogP contribution in [0.2, 0.25) is 0 Å². The molecule has 7 nitrogen and oxygen atoms in total. The molecule has 0 aromatic rings. The van der Waals surface area contributed by atoms with E-state index in [0.717, 1.165) is 0 Å². The van der Waals surface area contributed by atoms with Gasteiger partial charge in [-0.15, -0.1) is 0 Å². The Morgan fingerprint density at radius 3 is 2.18 bits per heavy atom. The molecule has 2 unspecified atom stereocenters. The maximum atomic E-state index is 11.1. The lowest BCUT2D eigenvalue weighted by atomic mass is 9.95. The van der Waals surface area contributed by atoms with Crippen molar-refractivity contribution in [2.24, 2.45) is 5.92 Å². The van der Waals surface area contributed by atoms with Crippen LogP contribution in [-0.2, 0) is 9.13 Å². The van der Waals surface area contributed by atoms with Gasteiger partial charge in [0.25, 0.3) is 0 Å². The predicted molar refractivity (Wildman–Crippen MR) is 66.2 cm³/mol. The fourth-order valence-corrected chi connectivity index (χ4v) is 4.97. The molecule has 0 amide bonds. The van der Waals surface area contributed by atoms with Crippen LogP contribution in [0.25, 0.3) is 0 Å². The molecule has 1 rings (SSSR count). The molecule has 102 valence electrons. The summed E-state index contributed by atoms with van der Waals surface area (Å²) >= 11 is 4.25. The first-order chi connectivity index (χ1) is 7.62. The standard InChI is InChI=1S/C7H17NO6P2S/c9-15(10,11)7(16(12,13)14)3-5-1-2-8-4-6(5)17/h5-8,17H,1-4H2,(H2,9,10,11)(H2,12,13,14). The van der Waals surface area contributed by atoms with E-state index in [4.69, 9.17) is 19.6 Å². The molecule has 1 aliphatic heterocycles. The minimum Gasteiger partial charge on any atom is -0.324 e. The lowest BCUT2D eigenvalue weighted by Crippen LogP contribution is -2.38. The Kier molecular flexibility index (Phi) is 5.27. The monoisotopic (exact) mass is 305 g/mol. The first-order valence-corrected chi connectivity index (χ1v) is 8.99. The van der Waals surface area contributed by atoms with Gasteiger partial charge in [0.1, 0.15) is 0 Å². The Morgan fingerprint density at radius 2 is 1.76 bits per heavy atom. The first kappa shape index (κ1) is 15.7. The summed E-state index contributed by atoms with van der Waals surface area (Å²) in [6, 6.07) is 0. The van der Waals surface area contributed by atoms with Gasteiger partial charge in [-0.3, -0.25) is 9.13 Å². The number of nitrogens with one attached hydrogen (secondary N) is 1. The van der Waals surface area contributed by atoms with E-state index >= 15 is 0 Å². The number of rotatable bonds is 4. The number of hydrogen-bond acceptors (Lipinski definition) is 4. The molecular weight excluding hydrogens is 288 g/mol. The highest BCUT2D eigenvalue weighted by Crippen LogP contribution is 2.62. The molecule has 1 saturated heterocycles. The second kappa shape index (κ2) is 5.72. The largest absolute Gasteiger partial charge is 0.340 e. The Morgan fingerprint density at radius 1 is 1.24 bits per heavy atom. The molecular formula is C7H17NO6P2S. The summed E-state index contributed by atoms with van der Waals surface area (Å²) in [5, 5.41) is 0.992. The molecule has 5 N–H and O–H groups in total. The summed E-state index contributed by atoms with van der Waals surface area (Å²) in [5.74, 6) is -0.204. The summed E-state index contributed by atoms with van der Waals surface area (Å²) in [6.07, 6.45) is 0.398. The fraction of sp³-hybridized carbons (Fsp3) is 1.00. The maximum absolute atomic E-state index is 11.1. The zero-order chi connectivity index (χ0) is 13.3. The SMILES string of the molecule is O=P(O)(O)C(CC1CCNCC1S)P(=O)(O)O. The molecule has 2 atom stereocenters. The van der Waals surface area contributed by atoms with Crippen molar-refractivity contribution >= 4 is 27.8 Å². The second-order valence-electron chi connectivity index (χ2n) is 4.21. The van der Waals surface area contributed by atoms with Crippen LogP contribution in [0.4, 0.5) is 0 Å². The van der Waals surface area contributed by atoms with Gasteiger partial charge in [-0.1, -0.05) is 0 Å². The van der Waals surface area contributed by atoms with Crippen molar-refractivity contribution in [3.63, 3.8) is 0 Å².